The maximum absolute atomic E-state index is 13.7. The van der Waals surface area contributed by atoms with Crippen molar-refractivity contribution in [2.24, 2.45) is 0 Å². The van der Waals surface area contributed by atoms with E-state index >= 15 is 0 Å². The van der Waals surface area contributed by atoms with Crippen molar-refractivity contribution in [2.45, 2.75) is 80.9 Å². The number of aromatic nitrogens is 1. The number of sulfone groups is 1. The van der Waals surface area contributed by atoms with Crippen LogP contribution in [0.5, 0.6) is 5.75 Å². The van der Waals surface area contributed by atoms with Gasteiger partial charge in [0.1, 0.15) is 12.3 Å². The van der Waals surface area contributed by atoms with Gasteiger partial charge in [0.2, 0.25) is 0 Å². The standard InChI is InChI=1S/C33H39F3N4O4S/c1-3-43-32-18-27(45(2,41)42)13-14-30(32)37-15-5-6-24-16-28-29(7-4-8-31(28)40(24)21-33(34,35)36)38-22-9-11-23(12-10-22)39-19-25-17-26(20-39)44-25/h4,7-8,13-14,16,18,22-23,25-26,37-38H,3,9-12,15,17,19-21H2,1-2H3/t22-,23+,25?,26?. The lowest BCUT2D eigenvalue weighted by Crippen LogP contribution is -2.60. The highest BCUT2D eigenvalue weighted by Crippen LogP contribution is 2.35. The molecule has 1 aromatic heterocycles. The van der Waals surface area contributed by atoms with Gasteiger partial charge in [-0.3, -0.25) is 4.90 Å². The first kappa shape index (κ1) is 31.6. The van der Waals surface area contributed by atoms with Gasteiger partial charge in [0.05, 0.1) is 47.2 Å². The number of benzene rings is 2. The Bertz CT molecular complexity index is 1690. The number of nitrogens with zero attached hydrogens (tertiary/aromatic N) is 2. The zero-order valence-electron chi connectivity index (χ0n) is 25.5. The number of anilines is 2. The summed E-state index contributed by atoms with van der Waals surface area (Å²) >= 11 is 0. The van der Waals surface area contributed by atoms with Crippen molar-refractivity contribution >= 4 is 32.1 Å². The summed E-state index contributed by atoms with van der Waals surface area (Å²) in [5.74, 6) is 6.23. The Kier molecular flexibility index (Phi) is 8.96. The molecule has 4 fully saturated rings. The third-order valence-electron chi connectivity index (χ3n) is 8.91. The van der Waals surface area contributed by atoms with Crippen molar-refractivity contribution in [1.29, 1.82) is 0 Å². The van der Waals surface area contributed by atoms with E-state index < -0.39 is 22.6 Å². The number of morpholine rings is 1. The molecular weight excluding hydrogens is 605 g/mol. The van der Waals surface area contributed by atoms with E-state index in [4.69, 9.17) is 9.47 Å². The fraction of sp³-hybridized carbons (Fsp3) is 0.515. The number of piperidine rings is 1. The first-order chi connectivity index (χ1) is 21.5. The minimum Gasteiger partial charge on any atom is -0.492 e. The molecule has 3 aliphatic heterocycles. The summed E-state index contributed by atoms with van der Waals surface area (Å²) in [4.78, 5) is 2.71. The van der Waals surface area contributed by atoms with Gasteiger partial charge in [0.15, 0.2) is 9.84 Å². The van der Waals surface area contributed by atoms with E-state index in [9.17, 15) is 21.6 Å². The van der Waals surface area contributed by atoms with Crippen LogP contribution < -0.4 is 15.4 Å². The molecule has 0 amide bonds. The molecule has 12 heteroatoms. The van der Waals surface area contributed by atoms with Crippen LogP contribution >= 0.6 is 0 Å². The fourth-order valence-corrected chi connectivity index (χ4v) is 7.42. The van der Waals surface area contributed by atoms with Crippen LogP contribution in [0.15, 0.2) is 47.4 Å². The van der Waals surface area contributed by atoms with E-state index in [0.29, 0.717) is 47.2 Å². The molecule has 4 aliphatic rings. The van der Waals surface area contributed by atoms with Gasteiger partial charge >= 0.3 is 6.18 Å². The lowest BCUT2D eigenvalue weighted by molar-refractivity contribution is -0.189. The molecule has 3 saturated heterocycles. The Labute approximate surface area is 262 Å². The summed E-state index contributed by atoms with van der Waals surface area (Å²) in [6, 6.07) is 12.5. The summed E-state index contributed by atoms with van der Waals surface area (Å²) in [5, 5.41) is 7.45. The summed E-state index contributed by atoms with van der Waals surface area (Å²) in [5.41, 5.74) is 2.11. The van der Waals surface area contributed by atoms with Crippen LogP contribution in [0.25, 0.3) is 10.9 Å². The van der Waals surface area contributed by atoms with Crippen molar-refractivity contribution in [1.82, 2.24) is 9.47 Å². The van der Waals surface area contributed by atoms with Crippen LogP contribution in [0.2, 0.25) is 0 Å². The molecular formula is C33H39F3N4O4S. The molecule has 242 valence electrons. The molecule has 45 heavy (non-hydrogen) atoms. The second-order valence-electron chi connectivity index (χ2n) is 12.2. The van der Waals surface area contributed by atoms with Crippen molar-refractivity contribution in [3.63, 3.8) is 0 Å². The molecule has 7 rings (SSSR count). The van der Waals surface area contributed by atoms with Gasteiger partial charge in [-0.05, 0) is 68.9 Å². The number of hydrogen-bond donors (Lipinski definition) is 2. The van der Waals surface area contributed by atoms with Gasteiger partial charge in [0, 0.05) is 55.0 Å². The van der Waals surface area contributed by atoms with E-state index in [1.807, 2.05) is 6.07 Å². The molecule has 0 spiro atoms. The number of ether oxygens (including phenoxy) is 2. The van der Waals surface area contributed by atoms with Gasteiger partial charge < -0.3 is 24.7 Å². The molecule has 2 atom stereocenters. The maximum Gasteiger partial charge on any atom is 0.406 e. The van der Waals surface area contributed by atoms with E-state index in [0.717, 1.165) is 50.7 Å². The van der Waals surface area contributed by atoms with Crippen molar-refractivity contribution in [3.05, 3.63) is 48.2 Å². The Morgan fingerprint density at radius 1 is 1.04 bits per heavy atom. The topological polar surface area (TPSA) is 84.8 Å². The minimum absolute atomic E-state index is 0.116. The second-order valence-corrected chi connectivity index (χ2v) is 14.2. The second kappa shape index (κ2) is 12.8. The smallest absolute Gasteiger partial charge is 0.406 e. The average molecular weight is 645 g/mol. The predicted octanol–water partition coefficient (Wildman–Crippen LogP) is 5.67. The van der Waals surface area contributed by atoms with Gasteiger partial charge in [0.25, 0.3) is 0 Å². The first-order valence-corrected chi connectivity index (χ1v) is 17.4. The van der Waals surface area contributed by atoms with E-state index in [2.05, 4.69) is 27.4 Å². The molecule has 2 aromatic carbocycles. The summed E-state index contributed by atoms with van der Waals surface area (Å²) in [7, 11) is -3.42. The van der Waals surface area contributed by atoms with Gasteiger partial charge in [-0.1, -0.05) is 12.0 Å². The lowest BCUT2D eigenvalue weighted by Gasteiger charge is -2.50. The Morgan fingerprint density at radius 3 is 2.44 bits per heavy atom. The number of nitrogens with one attached hydrogen (secondary N) is 2. The van der Waals surface area contributed by atoms with Crippen molar-refractivity contribution in [2.75, 3.05) is 43.1 Å². The molecule has 1 aliphatic carbocycles. The third kappa shape index (κ3) is 7.37. The number of alkyl halides is 3. The average Bonchev–Trinajstić information content (AvgIpc) is 3.32. The van der Waals surface area contributed by atoms with Crippen LogP contribution in [0.4, 0.5) is 24.5 Å². The van der Waals surface area contributed by atoms with Crippen LogP contribution in [-0.2, 0) is 21.1 Å². The molecule has 0 radical (unpaired) electrons. The van der Waals surface area contributed by atoms with Crippen LogP contribution in [0.1, 0.15) is 44.7 Å². The summed E-state index contributed by atoms with van der Waals surface area (Å²) < 4.78 is 77.6. The molecule has 8 nitrogen and oxygen atoms in total. The Morgan fingerprint density at radius 2 is 1.78 bits per heavy atom. The molecule has 2 N–H and O–H groups in total. The number of hydrogen-bond acceptors (Lipinski definition) is 7. The van der Waals surface area contributed by atoms with Crippen molar-refractivity contribution in [3.8, 4) is 17.6 Å². The summed E-state index contributed by atoms with van der Waals surface area (Å²) in [6.07, 6.45) is 2.87. The predicted molar refractivity (Wildman–Crippen MR) is 169 cm³/mol. The van der Waals surface area contributed by atoms with E-state index in [-0.39, 0.29) is 23.2 Å². The largest absolute Gasteiger partial charge is 0.492 e. The first-order valence-electron chi connectivity index (χ1n) is 15.5. The maximum atomic E-state index is 13.7. The third-order valence-corrected chi connectivity index (χ3v) is 10.0. The molecule has 2 unspecified atom stereocenters. The van der Waals surface area contributed by atoms with E-state index in [1.54, 1.807) is 31.2 Å². The lowest BCUT2D eigenvalue weighted by atomic mass is 9.87. The van der Waals surface area contributed by atoms with Crippen LogP contribution in [0.3, 0.4) is 0 Å². The Balaban J connectivity index is 1.17. The molecule has 2 bridgehead atoms. The van der Waals surface area contributed by atoms with Crippen LogP contribution in [-0.4, -0.2) is 80.8 Å². The highest BCUT2D eigenvalue weighted by atomic mass is 32.2. The molecule has 4 heterocycles. The minimum atomic E-state index is -4.42. The number of fused-ring (bicyclic) bond motifs is 3. The van der Waals surface area contributed by atoms with Crippen LogP contribution in [0, 0.1) is 11.8 Å². The molecule has 1 saturated carbocycles. The van der Waals surface area contributed by atoms with Gasteiger partial charge in [-0.2, -0.15) is 13.2 Å². The number of halogens is 3. The highest BCUT2D eigenvalue weighted by molar-refractivity contribution is 7.90. The van der Waals surface area contributed by atoms with Gasteiger partial charge in [-0.15, -0.1) is 0 Å². The zero-order chi connectivity index (χ0) is 31.8. The van der Waals surface area contributed by atoms with Gasteiger partial charge in [-0.25, -0.2) is 8.42 Å². The Hall–Kier alpha value is -3.40. The van der Waals surface area contributed by atoms with E-state index in [1.165, 1.54) is 23.1 Å². The highest BCUT2D eigenvalue weighted by Gasteiger charge is 2.41. The fourth-order valence-electron chi connectivity index (χ4n) is 6.78. The SMILES string of the molecule is CCOc1cc(S(C)(=O)=O)ccc1NCC#Cc1cc2c(N[C@H]3CC[C@@H](N4CC5CC(C4)O5)CC3)cccc2n1CC(F)(F)F. The monoisotopic (exact) mass is 644 g/mol. The summed E-state index contributed by atoms with van der Waals surface area (Å²) in [6.45, 7) is 3.13. The van der Waals surface area contributed by atoms with Crippen molar-refractivity contribution < 1.29 is 31.1 Å². The normalized spacial score (nSPS) is 23.6. The quantitative estimate of drug-likeness (QED) is 0.291. The molecule has 3 aromatic rings. The number of rotatable bonds is 9. The zero-order valence-corrected chi connectivity index (χ0v) is 26.3.